The highest BCUT2D eigenvalue weighted by Crippen LogP contribution is 2.49. The Hall–Kier alpha value is -2.99. The number of para-hydroxylation sites is 1. The summed E-state index contributed by atoms with van der Waals surface area (Å²) in [5.41, 5.74) is -5.31. The number of nitrogens with zero attached hydrogens (tertiary/aromatic N) is 4. The summed E-state index contributed by atoms with van der Waals surface area (Å²) in [6.45, 7) is 6.10. The second-order valence-electron chi connectivity index (χ2n) is 10.2. The van der Waals surface area contributed by atoms with Crippen molar-refractivity contribution in [2.24, 2.45) is 11.0 Å². The van der Waals surface area contributed by atoms with Crippen LogP contribution in [-0.4, -0.2) is 65.8 Å². The van der Waals surface area contributed by atoms with Crippen LogP contribution < -0.4 is 9.91 Å². The highest BCUT2D eigenvalue weighted by molar-refractivity contribution is 6.33. The van der Waals surface area contributed by atoms with Gasteiger partial charge in [-0.2, -0.15) is 31.4 Å². The van der Waals surface area contributed by atoms with Crippen molar-refractivity contribution in [2.75, 3.05) is 36.1 Å². The van der Waals surface area contributed by atoms with E-state index < -0.39 is 36.1 Å². The zero-order valence-electron chi connectivity index (χ0n) is 21.8. The van der Waals surface area contributed by atoms with E-state index in [1.807, 2.05) is 18.7 Å². The van der Waals surface area contributed by atoms with Gasteiger partial charge in [0.1, 0.15) is 0 Å². The summed E-state index contributed by atoms with van der Waals surface area (Å²) in [6.07, 6.45) is -12.2. The van der Waals surface area contributed by atoms with Gasteiger partial charge in [0.15, 0.2) is 0 Å². The fourth-order valence-electron chi connectivity index (χ4n) is 5.00. The van der Waals surface area contributed by atoms with Crippen LogP contribution in [0.25, 0.3) is 0 Å². The molecule has 0 aliphatic carbocycles. The lowest BCUT2D eigenvalue weighted by Gasteiger charge is -2.32. The van der Waals surface area contributed by atoms with Gasteiger partial charge in [-0.25, -0.2) is 0 Å². The largest absolute Gasteiger partial charge is 0.431 e. The maximum absolute atomic E-state index is 13.7. The fraction of sp³-hybridized carbons (Fsp3) is 0.481. The number of hydrazone groups is 1. The van der Waals surface area contributed by atoms with Crippen molar-refractivity contribution in [2.45, 2.75) is 50.7 Å². The van der Waals surface area contributed by atoms with Crippen LogP contribution in [0.15, 0.2) is 53.6 Å². The van der Waals surface area contributed by atoms with E-state index in [2.05, 4.69) is 10.0 Å². The Bertz CT molecular complexity index is 1230. The first-order chi connectivity index (χ1) is 18.6. The maximum Gasteiger partial charge on any atom is 0.431 e. The van der Waals surface area contributed by atoms with E-state index in [-0.39, 0.29) is 22.5 Å². The zero-order valence-corrected chi connectivity index (χ0v) is 22.6. The molecule has 0 bridgehead atoms. The second kappa shape index (κ2) is 11.1. The van der Waals surface area contributed by atoms with Crippen LogP contribution in [0.1, 0.15) is 38.3 Å². The minimum atomic E-state index is -6.05. The van der Waals surface area contributed by atoms with Gasteiger partial charge in [-0.1, -0.05) is 49.7 Å². The first-order valence-corrected chi connectivity index (χ1v) is 13.1. The molecule has 1 N–H and O–H groups in total. The average molecular weight is 591 g/mol. The number of hydrogen-bond acceptors (Lipinski definition) is 5. The first-order valence-electron chi connectivity index (χ1n) is 12.8. The number of anilines is 2. The Morgan fingerprint density at radius 1 is 0.950 bits per heavy atom. The highest BCUT2D eigenvalue weighted by Gasteiger charge is 2.74. The van der Waals surface area contributed by atoms with E-state index >= 15 is 0 Å². The van der Waals surface area contributed by atoms with Crippen LogP contribution in [0.3, 0.4) is 0 Å². The van der Waals surface area contributed by atoms with E-state index in [1.165, 1.54) is 18.2 Å². The van der Waals surface area contributed by atoms with Gasteiger partial charge in [0, 0.05) is 44.2 Å². The lowest BCUT2D eigenvalue weighted by atomic mass is 9.90. The molecule has 4 rings (SSSR count). The van der Waals surface area contributed by atoms with Gasteiger partial charge < -0.3 is 14.9 Å². The molecule has 2 aromatic rings. The number of amides is 1. The maximum atomic E-state index is 13.7. The van der Waals surface area contributed by atoms with Crippen LogP contribution in [0.5, 0.6) is 0 Å². The zero-order chi connectivity index (χ0) is 29.5. The molecule has 0 saturated carbocycles. The number of hydrogen-bond donors (Lipinski definition) is 1. The standard InChI is InChI=1S/C27H29ClF6N4O2/c1-17(2)24(39)37-13-5-12-36(14-15-37)19-10-8-18(9-11-19)22-16-23(25(40,26(29,30)31)27(32,33)34)35-38(22)21-7-4-3-6-20(21)28/h3-4,6-11,17,22,40H,5,12-16H2,1-2H3. The molecule has 2 aromatic carbocycles. The summed E-state index contributed by atoms with van der Waals surface area (Å²) in [6, 6.07) is 11.6. The summed E-state index contributed by atoms with van der Waals surface area (Å²) >= 11 is 6.24. The van der Waals surface area contributed by atoms with Gasteiger partial charge in [0.25, 0.3) is 5.60 Å². The Kier molecular flexibility index (Phi) is 8.33. The SMILES string of the molecule is CC(C)C(=O)N1CCCN(c2ccc(C3CC(C(O)(C(F)(F)F)C(F)(F)F)=NN3c3ccccc3Cl)cc2)CC1. The molecule has 2 heterocycles. The molecule has 1 saturated heterocycles. The molecular weight excluding hydrogens is 562 g/mol. The summed E-state index contributed by atoms with van der Waals surface area (Å²) in [7, 11) is 0. The van der Waals surface area contributed by atoms with Gasteiger partial charge in [0.2, 0.25) is 5.91 Å². The normalized spacial score (nSPS) is 19.2. The molecule has 218 valence electrons. The number of carbonyl (C=O) groups excluding carboxylic acids is 1. The van der Waals surface area contributed by atoms with Crippen LogP contribution in [0.2, 0.25) is 5.02 Å². The lowest BCUT2D eigenvalue weighted by Crippen LogP contribution is -2.62. The van der Waals surface area contributed by atoms with Gasteiger partial charge >= 0.3 is 12.4 Å². The number of aliphatic hydroxyl groups is 1. The molecular formula is C27H29ClF6N4O2. The predicted octanol–water partition coefficient (Wildman–Crippen LogP) is 6.20. The molecule has 1 atom stereocenters. The molecule has 0 radical (unpaired) electrons. The average Bonchev–Trinajstić information content (AvgIpc) is 3.17. The third kappa shape index (κ3) is 5.60. The molecule has 2 aliphatic rings. The minimum absolute atomic E-state index is 0.0711. The molecule has 1 fully saturated rings. The van der Waals surface area contributed by atoms with Crippen molar-refractivity contribution in [1.29, 1.82) is 0 Å². The molecule has 2 aliphatic heterocycles. The van der Waals surface area contributed by atoms with E-state index in [1.54, 1.807) is 30.3 Å². The summed E-state index contributed by atoms with van der Waals surface area (Å²) in [5.74, 6) is -0.0376. The topological polar surface area (TPSA) is 59.4 Å². The first kappa shape index (κ1) is 30.0. The number of rotatable bonds is 5. The third-order valence-corrected chi connectivity index (χ3v) is 7.51. The fourth-order valence-corrected chi connectivity index (χ4v) is 5.23. The molecule has 40 heavy (non-hydrogen) atoms. The van der Waals surface area contributed by atoms with Crippen molar-refractivity contribution in [3.05, 3.63) is 59.1 Å². The quantitative estimate of drug-likeness (QED) is 0.422. The Labute approximate surface area is 232 Å². The monoisotopic (exact) mass is 590 g/mol. The van der Waals surface area contributed by atoms with E-state index in [4.69, 9.17) is 11.6 Å². The smallest absolute Gasteiger partial charge is 0.370 e. The Morgan fingerprint density at radius 2 is 1.57 bits per heavy atom. The summed E-state index contributed by atoms with van der Waals surface area (Å²) in [4.78, 5) is 16.3. The van der Waals surface area contributed by atoms with Crippen molar-refractivity contribution in [1.82, 2.24) is 4.90 Å². The van der Waals surface area contributed by atoms with E-state index in [0.29, 0.717) is 31.7 Å². The van der Waals surface area contributed by atoms with Crippen molar-refractivity contribution >= 4 is 34.6 Å². The Balaban J connectivity index is 1.64. The third-order valence-electron chi connectivity index (χ3n) is 7.19. The molecule has 0 spiro atoms. The van der Waals surface area contributed by atoms with Gasteiger partial charge in [-0.3, -0.25) is 9.80 Å². The number of benzene rings is 2. The van der Waals surface area contributed by atoms with E-state index in [9.17, 15) is 36.2 Å². The number of alkyl halides is 6. The number of carbonyl (C=O) groups is 1. The number of halogens is 7. The van der Waals surface area contributed by atoms with Crippen LogP contribution >= 0.6 is 11.6 Å². The van der Waals surface area contributed by atoms with Crippen LogP contribution in [0.4, 0.5) is 37.7 Å². The molecule has 1 amide bonds. The summed E-state index contributed by atoms with van der Waals surface area (Å²) < 4.78 is 82.1. The van der Waals surface area contributed by atoms with Crippen LogP contribution in [0, 0.1) is 5.92 Å². The minimum Gasteiger partial charge on any atom is -0.370 e. The van der Waals surface area contributed by atoms with Gasteiger partial charge in [-0.15, -0.1) is 0 Å². The predicted molar refractivity (Wildman–Crippen MR) is 140 cm³/mol. The van der Waals surface area contributed by atoms with E-state index in [0.717, 1.165) is 17.1 Å². The molecule has 6 nitrogen and oxygen atoms in total. The van der Waals surface area contributed by atoms with Crippen molar-refractivity contribution in [3.8, 4) is 0 Å². The van der Waals surface area contributed by atoms with Crippen molar-refractivity contribution < 1.29 is 36.2 Å². The molecule has 1 unspecified atom stereocenters. The second-order valence-corrected chi connectivity index (χ2v) is 10.6. The van der Waals surface area contributed by atoms with Gasteiger partial charge in [0.05, 0.1) is 22.5 Å². The lowest BCUT2D eigenvalue weighted by molar-refractivity contribution is -0.338. The summed E-state index contributed by atoms with van der Waals surface area (Å²) in [5, 5.41) is 14.8. The van der Waals surface area contributed by atoms with Crippen molar-refractivity contribution in [3.63, 3.8) is 0 Å². The highest BCUT2D eigenvalue weighted by atomic mass is 35.5. The van der Waals surface area contributed by atoms with Gasteiger partial charge in [-0.05, 0) is 36.2 Å². The molecule has 13 heteroatoms. The molecule has 0 aromatic heterocycles. The van der Waals surface area contributed by atoms with Crippen LogP contribution in [-0.2, 0) is 4.79 Å². The Morgan fingerprint density at radius 3 is 2.15 bits per heavy atom.